The van der Waals surface area contributed by atoms with Gasteiger partial charge in [0.1, 0.15) is 0 Å². The van der Waals surface area contributed by atoms with Crippen molar-refractivity contribution in [2.45, 2.75) is 42.5 Å². The molecule has 3 aromatic carbocycles. The van der Waals surface area contributed by atoms with E-state index in [-0.39, 0.29) is 23.4 Å². The number of alkyl halides is 7. The second-order valence-electron chi connectivity index (χ2n) is 9.15. The third kappa shape index (κ3) is 6.98. The molecule has 4 rings (SSSR count). The molecule has 1 heterocycles. The van der Waals surface area contributed by atoms with Crippen molar-refractivity contribution in [3.63, 3.8) is 0 Å². The van der Waals surface area contributed by atoms with Gasteiger partial charge in [-0.15, -0.1) is 11.6 Å². The zero-order valence-corrected chi connectivity index (χ0v) is 22.1. The molecule has 0 aromatic heterocycles. The Kier molecular flexibility index (Phi) is 8.84. The molecule has 12 heteroatoms. The Morgan fingerprint density at radius 3 is 2.23 bits per heavy atom. The summed E-state index contributed by atoms with van der Waals surface area (Å²) in [6, 6.07) is 16.4. The Bertz CT molecular complexity index is 1390. The van der Waals surface area contributed by atoms with E-state index < -0.39 is 45.8 Å². The van der Waals surface area contributed by atoms with E-state index in [1.54, 1.807) is 36.4 Å². The lowest BCUT2D eigenvalue weighted by Gasteiger charge is -2.39. The SMILES string of the molecule is OC(Nc1ccc(Cl)c(C(F)(F)F)c1)NC(Cc1ccccc1)(C1=CCC(Cl)C=N1)c1cccc(C(F)(F)F)c1. The second-order valence-corrected chi connectivity index (χ2v) is 10.1. The monoisotopic (exact) mass is 601 g/mol. The topological polar surface area (TPSA) is 56.6 Å². The first-order chi connectivity index (χ1) is 18.8. The van der Waals surface area contributed by atoms with Gasteiger partial charge in [-0.2, -0.15) is 26.3 Å². The molecule has 3 N–H and O–H groups in total. The van der Waals surface area contributed by atoms with E-state index in [0.29, 0.717) is 12.0 Å². The van der Waals surface area contributed by atoms with Crippen molar-refractivity contribution >= 4 is 35.1 Å². The van der Waals surface area contributed by atoms with Gasteiger partial charge >= 0.3 is 12.4 Å². The maximum Gasteiger partial charge on any atom is 0.417 e. The average Bonchev–Trinajstić information content (AvgIpc) is 2.89. The van der Waals surface area contributed by atoms with Crippen molar-refractivity contribution in [3.05, 3.63) is 112 Å². The molecule has 3 atom stereocenters. The fraction of sp³-hybridized carbons (Fsp3) is 0.250. The van der Waals surface area contributed by atoms with Crippen molar-refractivity contribution in [2.75, 3.05) is 5.32 Å². The van der Waals surface area contributed by atoms with Gasteiger partial charge in [0, 0.05) is 18.3 Å². The third-order valence-corrected chi connectivity index (χ3v) is 6.92. The fourth-order valence-electron chi connectivity index (χ4n) is 4.45. The molecule has 3 aromatic rings. The predicted octanol–water partition coefficient (Wildman–Crippen LogP) is 7.76. The van der Waals surface area contributed by atoms with Crippen LogP contribution in [0.2, 0.25) is 5.02 Å². The summed E-state index contributed by atoms with van der Waals surface area (Å²) in [6.07, 6.45) is -7.71. The quantitative estimate of drug-likeness (QED) is 0.140. The lowest BCUT2D eigenvalue weighted by molar-refractivity contribution is -0.138. The van der Waals surface area contributed by atoms with Gasteiger partial charge in [-0.05, 0) is 47.9 Å². The summed E-state index contributed by atoms with van der Waals surface area (Å²) in [5.41, 5.74) is -2.65. The van der Waals surface area contributed by atoms with Crippen LogP contribution in [0.1, 0.15) is 28.7 Å². The number of benzene rings is 3. The van der Waals surface area contributed by atoms with E-state index in [1.807, 2.05) is 0 Å². The van der Waals surface area contributed by atoms with E-state index in [0.717, 1.165) is 24.3 Å². The number of hydrogen-bond donors (Lipinski definition) is 3. The maximum atomic E-state index is 13.7. The van der Waals surface area contributed by atoms with E-state index in [9.17, 15) is 31.4 Å². The molecule has 0 spiro atoms. The summed E-state index contributed by atoms with van der Waals surface area (Å²) in [7, 11) is 0. The molecule has 0 saturated heterocycles. The summed E-state index contributed by atoms with van der Waals surface area (Å²) in [5, 5.41) is 15.6. The molecule has 4 nitrogen and oxygen atoms in total. The van der Waals surface area contributed by atoms with Crippen molar-refractivity contribution in [1.29, 1.82) is 0 Å². The van der Waals surface area contributed by atoms with Crippen molar-refractivity contribution < 1.29 is 31.4 Å². The number of nitrogens with one attached hydrogen (secondary N) is 2. The van der Waals surface area contributed by atoms with Crippen LogP contribution in [-0.2, 0) is 24.3 Å². The molecule has 0 fully saturated rings. The predicted molar refractivity (Wildman–Crippen MR) is 143 cm³/mol. The zero-order valence-electron chi connectivity index (χ0n) is 20.6. The summed E-state index contributed by atoms with van der Waals surface area (Å²) in [6.45, 7) is 0. The normalized spacial score (nSPS) is 18.1. The molecule has 1 aliphatic rings. The highest BCUT2D eigenvalue weighted by atomic mass is 35.5. The lowest BCUT2D eigenvalue weighted by Crippen LogP contribution is -2.53. The molecule has 0 bridgehead atoms. The maximum absolute atomic E-state index is 13.7. The van der Waals surface area contributed by atoms with Crippen LogP contribution in [0, 0.1) is 0 Å². The van der Waals surface area contributed by atoms with Crippen molar-refractivity contribution in [1.82, 2.24) is 5.32 Å². The number of hydrogen-bond acceptors (Lipinski definition) is 4. The van der Waals surface area contributed by atoms with Gasteiger partial charge in [-0.3, -0.25) is 10.3 Å². The van der Waals surface area contributed by atoms with Crippen LogP contribution >= 0.6 is 23.2 Å². The minimum atomic E-state index is -4.75. The molecule has 1 aliphatic heterocycles. The minimum Gasteiger partial charge on any atom is -0.361 e. The number of rotatable bonds is 8. The summed E-state index contributed by atoms with van der Waals surface area (Å²) in [4.78, 5) is 4.42. The summed E-state index contributed by atoms with van der Waals surface area (Å²) in [5.74, 6) is 0. The van der Waals surface area contributed by atoms with Crippen LogP contribution in [0.5, 0.6) is 0 Å². The van der Waals surface area contributed by atoms with Crippen LogP contribution in [-0.4, -0.2) is 23.1 Å². The number of allylic oxidation sites excluding steroid dienone is 1. The molecule has 40 heavy (non-hydrogen) atoms. The lowest BCUT2D eigenvalue weighted by atomic mass is 9.79. The van der Waals surface area contributed by atoms with E-state index in [2.05, 4.69) is 15.6 Å². The van der Waals surface area contributed by atoms with Gasteiger partial charge in [0.15, 0.2) is 6.35 Å². The van der Waals surface area contributed by atoms with Gasteiger partial charge in [0.2, 0.25) is 0 Å². The molecule has 0 amide bonds. The van der Waals surface area contributed by atoms with Gasteiger partial charge in [0.05, 0.1) is 32.8 Å². The molecule has 0 aliphatic carbocycles. The fourth-order valence-corrected chi connectivity index (χ4v) is 4.82. The summed E-state index contributed by atoms with van der Waals surface area (Å²) >= 11 is 11.9. The Morgan fingerprint density at radius 2 is 1.60 bits per heavy atom. The van der Waals surface area contributed by atoms with Crippen LogP contribution in [0.4, 0.5) is 32.0 Å². The van der Waals surface area contributed by atoms with E-state index in [1.165, 1.54) is 24.4 Å². The van der Waals surface area contributed by atoms with Crippen LogP contribution in [0.15, 0.2) is 89.6 Å². The highest BCUT2D eigenvalue weighted by Crippen LogP contribution is 2.40. The van der Waals surface area contributed by atoms with E-state index in [4.69, 9.17) is 23.2 Å². The van der Waals surface area contributed by atoms with Gasteiger partial charge in [-0.1, -0.05) is 60.1 Å². The van der Waals surface area contributed by atoms with Gasteiger partial charge < -0.3 is 10.4 Å². The standard InChI is InChI=1S/C28H23Cl2F6N3O/c29-20-9-12-24(37-16-20)26(15-17-5-2-1-3-6-17,18-7-4-8-19(13-18)27(31,32)33)39-25(40)38-21-10-11-23(30)22(14-21)28(34,35)36/h1-8,10-14,16,20,25,38-40H,9,15H2. The molecule has 0 saturated carbocycles. The molecular weight excluding hydrogens is 579 g/mol. The molecule has 3 unspecified atom stereocenters. The van der Waals surface area contributed by atoms with Crippen LogP contribution in [0.3, 0.4) is 0 Å². The number of aliphatic imine (C=N–C) groups is 1. The van der Waals surface area contributed by atoms with Gasteiger partial charge in [-0.25, -0.2) is 0 Å². The minimum absolute atomic E-state index is 0.0262. The average molecular weight is 602 g/mol. The number of anilines is 1. The Balaban J connectivity index is 1.82. The number of aliphatic hydroxyl groups excluding tert-OH is 1. The third-order valence-electron chi connectivity index (χ3n) is 6.30. The van der Waals surface area contributed by atoms with Crippen molar-refractivity contribution in [3.8, 4) is 0 Å². The highest BCUT2D eigenvalue weighted by molar-refractivity contribution is 6.31. The van der Waals surface area contributed by atoms with E-state index >= 15 is 0 Å². The Morgan fingerprint density at radius 1 is 0.900 bits per heavy atom. The second kappa shape index (κ2) is 11.8. The first-order valence-corrected chi connectivity index (χ1v) is 12.8. The smallest absolute Gasteiger partial charge is 0.361 e. The highest BCUT2D eigenvalue weighted by Gasteiger charge is 2.41. The molecule has 0 radical (unpaired) electrons. The number of aliphatic hydroxyl groups is 1. The largest absolute Gasteiger partial charge is 0.417 e. The first-order valence-electron chi connectivity index (χ1n) is 12.0. The van der Waals surface area contributed by atoms with Crippen molar-refractivity contribution in [2.24, 2.45) is 4.99 Å². The first kappa shape index (κ1) is 29.9. The van der Waals surface area contributed by atoms with Gasteiger partial charge in [0.25, 0.3) is 0 Å². The zero-order chi connectivity index (χ0) is 29.1. The number of nitrogens with zero attached hydrogens (tertiary/aromatic N) is 1. The Hall–Kier alpha value is -3.05. The molecule has 212 valence electrons. The number of halogens is 8. The Labute approximate surface area is 236 Å². The molecular formula is C28H23Cl2F6N3O. The van der Waals surface area contributed by atoms with Crippen LogP contribution < -0.4 is 10.6 Å². The summed E-state index contributed by atoms with van der Waals surface area (Å²) < 4.78 is 81.4. The van der Waals surface area contributed by atoms with Crippen LogP contribution in [0.25, 0.3) is 0 Å².